The lowest BCUT2D eigenvalue weighted by molar-refractivity contribution is -0.137. The fraction of sp³-hybridized carbons (Fsp3) is 0.0769. The van der Waals surface area contributed by atoms with Crippen molar-refractivity contribution in [1.29, 1.82) is 0 Å². The third kappa shape index (κ3) is 3.11. The molecule has 0 bridgehead atoms. The van der Waals surface area contributed by atoms with Gasteiger partial charge in [0.2, 0.25) is 0 Å². The molecule has 0 atom stereocenters. The standard InChI is InChI=1S/C13H8F4N2O/c14-9-7-8(13(15,16)17)4-5-10(9)19-12(20)11-3-1-2-6-18-11/h1-7H,(H,19,20). The molecule has 0 fully saturated rings. The monoisotopic (exact) mass is 284 g/mol. The molecule has 1 aromatic carbocycles. The van der Waals surface area contributed by atoms with Crippen LogP contribution in [-0.2, 0) is 6.18 Å². The maximum absolute atomic E-state index is 13.5. The molecule has 0 saturated heterocycles. The number of anilines is 1. The van der Waals surface area contributed by atoms with Gasteiger partial charge in [-0.1, -0.05) is 6.07 Å². The van der Waals surface area contributed by atoms with E-state index < -0.39 is 23.5 Å². The highest BCUT2D eigenvalue weighted by molar-refractivity contribution is 6.02. The van der Waals surface area contributed by atoms with Crippen molar-refractivity contribution in [3.8, 4) is 0 Å². The zero-order valence-electron chi connectivity index (χ0n) is 9.91. The van der Waals surface area contributed by atoms with Crippen LogP contribution in [0.5, 0.6) is 0 Å². The molecule has 0 spiro atoms. The number of carbonyl (C=O) groups is 1. The smallest absolute Gasteiger partial charge is 0.318 e. The molecule has 1 N–H and O–H groups in total. The second-order valence-electron chi connectivity index (χ2n) is 3.86. The topological polar surface area (TPSA) is 42.0 Å². The molecule has 104 valence electrons. The molecule has 0 saturated carbocycles. The van der Waals surface area contributed by atoms with Crippen LogP contribution in [0.3, 0.4) is 0 Å². The van der Waals surface area contributed by atoms with Gasteiger partial charge in [-0.3, -0.25) is 9.78 Å². The Morgan fingerprint density at radius 2 is 1.90 bits per heavy atom. The summed E-state index contributed by atoms with van der Waals surface area (Å²) in [6.07, 6.45) is -3.26. The fourth-order valence-corrected chi connectivity index (χ4v) is 1.48. The van der Waals surface area contributed by atoms with Crippen LogP contribution in [0.15, 0.2) is 42.6 Å². The Morgan fingerprint density at radius 1 is 1.15 bits per heavy atom. The van der Waals surface area contributed by atoms with Crippen LogP contribution in [0.1, 0.15) is 16.1 Å². The van der Waals surface area contributed by atoms with Gasteiger partial charge in [-0.25, -0.2) is 4.39 Å². The molecule has 1 amide bonds. The van der Waals surface area contributed by atoms with E-state index in [9.17, 15) is 22.4 Å². The highest BCUT2D eigenvalue weighted by Gasteiger charge is 2.31. The minimum absolute atomic E-state index is 0.0341. The first-order valence-corrected chi connectivity index (χ1v) is 5.47. The molecule has 1 aromatic heterocycles. The summed E-state index contributed by atoms with van der Waals surface area (Å²) in [7, 11) is 0. The van der Waals surface area contributed by atoms with Crippen molar-refractivity contribution in [3.63, 3.8) is 0 Å². The van der Waals surface area contributed by atoms with Gasteiger partial charge < -0.3 is 5.32 Å². The Bertz CT molecular complexity index is 626. The SMILES string of the molecule is O=C(Nc1ccc(C(F)(F)F)cc1F)c1ccccn1. The van der Waals surface area contributed by atoms with E-state index in [-0.39, 0.29) is 11.4 Å². The molecule has 0 aliphatic carbocycles. The first-order valence-electron chi connectivity index (χ1n) is 5.47. The molecule has 3 nitrogen and oxygen atoms in total. The Hall–Kier alpha value is -2.44. The number of benzene rings is 1. The fourth-order valence-electron chi connectivity index (χ4n) is 1.48. The summed E-state index contributed by atoms with van der Waals surface area (Å²) in [5, 5.41) is 2.16. The zero-order chi connectivity index (χ0) is 14.8. The first-order chi connectivity index (χ1) is 9.38. The van der Waals surface area contributed by atoms with Crippen LogP contribution < -0.4 is 5.32 Å². The maximum Gasteiger partial charge on any atom is 0.416 e. The summed E-state index contributed by atoms with van der Waals surface area (Å²) < 4.78 is 50.6. The number of hydrogen-bond acceptors (Lipinski definition) is 2. The van der Waals surface area contributed by atoms with Gasteiger partial charge in [0.25, 0.3) is 5.91 Å². The number of carbonyl (C=O) groups excluding carboxylic acids is 1. The third-order valence-corrected chi connectivity index (χ3v) is 2.44. The van der Waals surface area contributed by atoms with Crippen molar-refractivity contribution in [2.24, 2.45) is 0 Å². The molecule has 0 radical (unpaired) electrons. The lowest BCUT2D eigenvalue weighted by Gasteiger charge is -2.10. The number of rotatable bonds is 2. The number of aromatic nitrogens is 1. The summed E-state index contributed by atoms with van der Waals surface area (Å²) in [5.41, 5.74) is -1.42. The average molecular weight is 284 g/mol. The van der Waals surface area contributed by atoms with Crippen LogP contribution in [0.2, 0.25) is 0 Å². The lowest BCUT2D eigenvalue weighted by Crippen LogP contribution is -2.15. The van der Waals surface area contributed by atoms with Gasteiger partial charge in [0.15, 0.2) is 0 Å². The van der Waals surface area contributed by atoms with E-state index in [1.165, 1.54) is 12.3 Å². The van der Waals surface area contributed by atoms with E-state index in [0.717, 1.165) is 6.07 Å². The molecular formula is C13H8F4N2O. The molecule has 0 unspecified atom stereocenters. The average Bonchev–Trinajstić information content (AvgIpc) is 2.41. The third-order valence-electron chi connectivity index (χ3n) is 2.44. The molecular weight excluding hydrogens is 276 g/mol. The van der Waals surface area contributed by atoms with Gasteiger partial charge in [0.05, 0.1) is 11.3 Å². The summed E-state index contributed by atoms with van der Waals surface area (Å²) in [4.78, 5) is 15.4. The van der Waals surface area contributed by atoms with Crippen molar-refractivity contribution in [1.82, 2.24) is 4.98 Å². The minimum Gasteiger partial charge on any atom is -0.318 e. The Balaban J connectivity index is 2.21. The number of hydrogen-bond donors (Lipinski definition) is 1. The van der Waals surface area contributed by atoms with Crippen LogP contribution in [0.25, 0.3) is 0 Å². The van der Waals surface area contributed by atoms with Gasteiger partial charge in [0.1, 0.15) is 11.5 Å². The summed E-state index contributed by atoms with van der Waals surface area (Å²) >= 11 is 0. The van der Waals surface area contributed by atoms with Crippen molar-refractivity contribution in [3.05, 3.63) is 59.7 Å². The summed E-state index contributed by atoms with van der Waals surface area (Å²) in [6.45, 7) is 0. The van der Waals surface area contributed by atoms with Crippen molar-refractivity contribution >= 4 is 11.6 Å². The minimum atomic E-state index is -4.63. The number of amides is 1. The molecule has 7 heteroatoms. The number of nitrogens with one attached hydrogen (secondary N) is 1. The van der Waals surface area contributed by atoms with E-state index in [1.54, 1.807) is 12.1 Å². The Kier molecular flexibility index (Phi) is 3.69. The van der Waals surface area contributed by atoms with Gasteiger partial charge in [-0.2, -0.15) is 13.2 Å². The second kappa shape index (κ2) is 5.28. The number of halogens is 4. The van der Waals surface area contributed by atoms with E-state index in [1.807, 2.05) is 0 Å². The zero-order valence-corrected chi connectivity index (χ0v) is 9.91. The number of alkyl halides is 3. The van der Waals surface area contributed by atoms with E-state index in [0.29, 0.717) is 12.1 Å². The van der Waals surface area contributed by atoms with E-state index >= 15 is 0 Å². The normalized spacial score (nSPS) is 11.2. The van der Waals surface area contributed by atoms with Gasteiger partial charge in [-0.15, -0.1) is 0 Å². The van der Waals surface area contributed by atoms with Crippen LogP contribution in [0.4, 0.5) is 23.2 Å². The molecule has 0 aliphatic heterocycles. The predicted octanol–water partition coefficient (Wildman–Crippen LogP) is 3.49. The van der Waals surface area contributed by atoms with E-state index in [2.05, 4.69) is 10.3 Å². The van der Waals surface area contributed by atoms with Crippen molar-refractivity contribution in [2.75, 3.05) is 5.32 Å². The molecule has 2 rings (SSSR count). The van der Waals surface area contributed by atoms with E-state index in [4.69, 9.17) is 0 Å². The Morgan fingerprint density at radius 3 is 2.45 bits per heavy atom. The molecule has 0 aliphatic rings. The maximum atomic E-state index is 13.5. The quantitative estimate of drug-likeness (QED) is 0.858. The van der Waals surface area contributed by atoms with Gasteiger partial charge in [-0.05, 0) is 30.3 Å². The highest BCUT2D eigenvalue weighted by atomic mass is 19.4. The van der Waals surface area contributed by atoms with Crippen LogP contribution in [0, 0.1) is 5.82 Å². The predicted molar refractivity (Wildman–Crippen MR) is 63.6 cm³/mol. The highest BCUT2D eigenvalue weighted by Crippen LogP contribution is 2.31. The second-order valence-corrected chi connectivity index (χ2v) is 3.86. The Labute approximate surface area is 111 Å². The molecule has 20 heavy (non-hydrogen) atoms. The lowest BCUT2D eigenvalue weighted by atomic mass is 10.2. The summed E-state index contributed by atoms with van der Waals surface area (Å²) in [6, 6.07) is 6.43. The van der Waals surface area contributed by atoms with Gasteiger partial charge >= 0.3 is 6.18 Å². The largest absolute Gasteiger partial charge is 0.416 e. The molecule has 2 aromatic rings. The molecule has 1 heterocycles. The first kappa shape index (κ1) is 14.0. The van der Waals surface area contributed by atoms with Crippen molar-refractivity contribution < 1.29 is 22.4 Å². The van der Waals surface area contributed by atoms with Gasteiger partial charge in [0, 0.05) is 6.20 Å². The number of pyridine rings is 1. The van der Waals surface area contributed by atoms with Crippen molar-refractivity contribution in [2.45, 2.75) is 6.18 Å². The van der Waals surface area contributed by atoms with Crippen LogP contribution >= 0.6 is 0 Å². The number of nitrogens with zero attached hydrogens (tertiary/aromatic N) is 1. The van der Waals surface area contributed by atoms with Crippen LogP contribution in [-0.4, -0.2) is 10.9 Å². The summed E-state index contributed by atoms with van der Waals surface area (Å²) in [5.74, 6) is -1.87.